The van der Waals surface area contributed by atoms with Gasteiger partial charge in [-0.2, -0.15) is 0 Å². The number of para-hydroxylation sites is 1. The van der Waals surface area contributed by atoms with Crippen molar-refractivity contribution in [3.8, 4) is 5.69 Å². The number of hydrogen-bond donors (Lipinski definition) is 1. The molecule has 0 atom stereocenters. The van der Waals surface area contributed by atoms with E-state index in [0.717, 1.165) is 24.5 Å². The molecule has 0 unspecified atom stereocenters. The maximum Gasteiger partial charge on any atom is 0.149 e. The molecule has 5 heteroatoms. The van der Waals surface area contributed by atoms with Crippen LogP contribution >= 0.6 is 0 Å². The maximum atomic E-state index is 13.9. The van der Waals surface area contributed by atoms with E-state index in [-0.39, 0.29) is 5.82 Å². The first kappa shape index (κ1) is 9.33. The standard InChI is InChI=1S/C11H11FN4/c1-7-14-15-10-5-6-13-9-4-2-3-8(12)11(9)16(7)10/h2-4,13H,5-6H2,1H3. The smallest absolute Gasteiger partial charge is 0.149 e. The highest BCUT2D eigenvalue weighted by Gasteiger charge is 2.20. The van der Waals surface area contributed by atoms with Crippen molar-refractivity contribution in [3.63, 3.8) is 0 Å². The van der Waals surface area contributed by atoms with Crippen LogP contribution in [-0.2, 0) is 6.42 Å². The molecule has 1 N–H and O–H groups in total. The summed E-state index contributed by atoms with van der Waals surface area (Å²) in [5.41, 5.74) is 1.32. The molecule has 0 spiro atoms. The zero-order valence-corrected chi connectivity index (χ0v) is 8.87. The number of hydrogen-bond acceptors (Lipinski definition) is 3. The molecule has 16 heavy (non-hydrogen) atoms. The zero-order valence-electron chi connectivity index (χ0n) is 8.87. The minimum Gasteiger partial charge on any atom is -0.383 e. The number of nitrogens with zero attached hydrogens (tertiary/aromatic N) is 3. The van der Waals surface area contributed by atoms with Crippen LogP contribution in [0.25, 0.3) is 5.69 Å². The van der Waals surface area contributed by atoms with Crippen LogP contribution in [0.4, 0.5) is 10.1 Å². The number of fused-ring (bicyclic) bond motifs is 3. The SMILES string of the molecule is Cc1nnc2n1-c1c(F)cccc1NCC2. The van der Waals surface area contributed by atoms with Crippen molar-refractivity contribution in [2.45, 2.75) is 13.3 Å². The van der Waals surface area contributed by atoms with Gasteiger partial charge in [-0.15, -0.1) is 10.2 Å². The summed E-state index contributed by atoms with van der Waals surface area (Å²) in [6.45, 7) is 2.58. The number of rotatable bonds is 0. The summed E-state index contributed by atoms with van der Waals surface area (Å²) in [7, 11) is 0. The topological polar surface area (TPSA) is 42.7 Å². The van der Waals surface area contributed by atoms with Gasteiger partial charge in [0.15, 0.2) is 0 Å². The summed E-state index contributed by atoms with van der Waals surface area (Å²) in [6, 6.07) is 5.02. The Morgan fingerprint density at radius 1 is 1.38 bits per heavy atom. The molecule has 2 aromatic rings. The Bertz CT molecular complexity index is 547. The van der Waals surface area contributed by atoms with Gasteiger partial charge in [-0.05, 0) is 19.1 Å². The molecule has 0 saturated heterocycles. The minimum absolute atomic E-state index is 0.254. The Morgan fingerprint density at radius 3 is 3.12 bits per heavy atom. The van der Waals surface area contributed by atoms with E-state index in [2.05, 4.69) is 15.5 Å². The molecule has 0 fully saturated rings. The summed E-state index contributed by atoms with van der Waals surface area (Å²) >= 11 is 0. The number of halogens is 1. The summed E-state index contributed by atoms with van der Waals surface area (Å²) in [4.78, 5) is 0. The Morgan fingerprint density at radius 2 is 2.25 bits per heavy atom. The van der Waals surface area contributed by atoms with Crippen LogP contribution in [0.15, 0.2) is 18.2 Å². The average Bonchev–Trinajstić information content (AvgIpc) is 2.53. The third-order valence-corrected chi connectivity index (χ3v) is 2.77. The molecule has 82 valence electrons. The molecule has 1 aliphatic heterocycles. The molecule has 0 saturated carbocycles. The molecule has 0 amide bonds. The van der Waals surface area contributed by atoms with Gasteiger partial charge in [0.25, 0.3) is 0 Å². The number of nitrogens with one attached hydrogen (secondary N) is 1. The van der Waals surface area contributed by atoms with Crippen LogP contribution in [-0.4, -0.2) is 21.3 Å². The summed E-state index contributed by atoms with van der Waals surface area (Å²) < 4.78 is 15.7. The van der Waals surface area contributed by atoms with Gasteiger partial charge in [-0.1, -0.05) is 6.07 Å². The van der Waals surface area contributed by atoms with E-state index in [4.69, 9.17) is 0 Å². The maximum absolute atomic E-state index is 13.9. The van der Waals surface area contributed by atoms with Gasteiger partial charge in [0.05, 0.1) is 5.69 Å². The second-order valence-electron chi connectivity index (χ2n) is 3.81. The average molecular weight is 218 g/mol. The van der Waals surface area contributed by atoms with E-state index < -0.39 is 0 Å². The molecule has 0 radical (unpaired) electrons. The molecule has 1 aromatic heterocycles. The van der Waals surface area contributed by atoms with Gasteiger partial charge in [0.1, 0.15) is 23.2 Å². The monoisotopic (exact) mass is 218 g/mol. The van der Waals surface area contributed by atoms with Gasteiger partial charge < -0.3 is 5.32 Å². The van der Waals surface area contributed by atoms with E-state index in [9.17, 15) is 4.39 Å². The lowest BCUT2D eigenvalue weighted by Crippen LogP contribution is -2.04. The molecular formula is C11H11FN4. The van der Waals surface area contributed by atoms with Gasteiger partial charge >= 0.3 is 0 Å². The van der Waals surface area contributed by atoms with Gasteiger partial charge in [0.2, 0.25) is 0 Å². The van der Waals surface area contributed by atoms with Gasteiger partial charge in [-0.3, -0.25) is 4.57 Å². The lowest BCUT2D eigenvalue weighted by atomic mass is 10.2. The van der Waals surface area contributed by atoms with Gasteiger partial charge in [0, 0.05) is 13.0 Å². The van der Waals surface area contributed by atoms with E-state index in [1.54, 1.807) is 10.6 Å². The number of anilines is 1. The first-order chi connectivity index (χ1) is 7.77. The largest absolute Gasteiger partial charge is 0.383 e. The predicted octanol–water partition coefficient (Wildman–Crippen LogP) is 1.68. The van der Waals surface area contributed by atoms with Crippen molar-refractivity contribution < 1.29 is 4.39 Å². The van der Waals surface area contributed by atoms with Gasteiger partial charge in [-0.25, -0.2) is 4.39 Å². The number of aryl methyl sites for hydroxylation is 1. The summed E-state index contributed by atoms with van der Waals surface area (Å²) in [5.74, 6) is 1.26. The number of aromatic nitrogens is 3. The lowest BCUT2D eigenvalue weighted by molar-refractivity contribution is 0.615. The first-order valence-corrected chi connectivity index (χ1v) is 5.21. The molecule has 0 bridgehead atoms. The third-order valence-electron chi connectivity index (χ3n) is 2.77. The van der Waals surface area contributed by atoms with E-state index in [0.29, 0.717) is 11.5 Å². The van der Waals surface area contributed by atoms with Crippen LogP contribution in [0.3, 0.4) is 0 Å². The predicted molar refractivity (Wildman–Crippen MR) is 58.2 cm³/mol. The molecule has 2 heterocycles. The fraction of sp³-hybridized carbons (Fsp3) is 0.273. The fourth-order valence-electron chi connectivity index (χ4n) is 2.05. The van der Waals surface area contributed by atoms with Crippen LogP contribution in [0.1, 0.15) is 11.6 Å². The molecular weight excluding hydrogens is 207 g/mol. The Labute approximate surface area is 92.1 Å². The minimum atomic E-state index is -0.254. The quantitative estimate of drug-likeness (QED) is 0.731. The Hall–Kier alpha value is -1.91. The fourth-order valence-corrected chi connectivity index (χ4v) is 2.05. The molecule has 1 aliphatic rings. The Balaban J connectivity index is 2.35. The second-order valence-corrected chi connectivity index (χ2v) is 3.81. The lowest BCUT2D eigenvalue weighted by Gasteiger charge is -2.10. The highest BCUT2D eigenvalue weighted by Crippen LogP contribution is 2.27. The third kappa shape index (κ3) is 1.21. The van der Waals surface area contributed by atoms with E-state index >= 15 is 0 Å². The Kier molecular flexibility index (Phi) is 1.92. The number of benzene rings is 1. The molecule has 1 aromatic carbocycles. The van der Waals surface area contributed by atoms with Crippen LogP contribution < -0.4 is 5.32 Å². The van der Waals surface area contributed by atoms with Crippen molar-refractivity contribution in [1.29, 1.82) is 0 Å². The first-order valence-electron chi connectivity index (χ1n) is 5.21. The van der Waals surface area contributed by atoms with Crippen LogP contribution in [0.2, 0.25) is 0 Å². The summed E-state index contributed by atoms with van der Waals surface area (Å²) in [6.07, 6.45) is 0.745. The highest BCUT2D eigenvalue weighted by atomic mass is 19.1. The zero-order chi connectivity index (χ0) is 11.1. The van der Waals surface area contributed by atoms with Crippen molar-refractivity contribution in [2.24, 2.45) is 0 Å². The van der Waals surface area contributed by atoms with Crippen molar-refractivity contribution in [3.05, 3.63) is 35.7 Å². The molecule has 4 nitrogen and oxygen atoms in total. The van der Waals surface area contributed by atoms with Crippen LogP contribution in [0, 0.1) is 12.7 Å². The van der Waals surface area contributed by atoms with Crippen molar-refractivity contribution in [2.75, 3.05) is 11.9 Å². The van der Waals surface area contributed by atoms with Crippen molar-refractivity contribution >= 4 is 5.69 Å². The second kappa shape index (κ2) is 3.30. The highest BCUT2D eigenvalue weighted by molar-refractivity contribution is 5.63. The van der Waals surface area contributed by atoms with Crippen LogP contribution in [0.5, 0.6) is 0 Å². The van der Waals surface area contributed by atoms with E-state index in [1.165, 1.54) is 6.07 Å². The summed E-state index contributed by atoms with van der Waals surface area (Å²) in [5, 5.41) is 11.3. The normalized spacial score (nSPS) is 13.6. The van der Waals surface area contributed by atoms with Crippen molar-refractivity contribution in [1.82, 2.24) is 14.8 Å². The molecule has 0 aliphatic carbocycles. The van der Waals surface area contributed by atoms with E-state index in [1.807, 2.05) is 13.0 Å². The molecule has 3 rings (SSSR count).